The summed E-state index contributed by atoms with van der Waals surface area (Å²) in [6.07, 6.45) is 0. The van der Waals surface area contributed by atoms with Gasteiger partial charge in [-0.1, -0.05) is 32.0 Å². The summed E-state index contributed by atoms with van der Waals surface area (Å²) in [6, 6.07) is 11.1. The Morgan fingerprint density at radius 3 is 2.26 bits per heavy atom. The zero-order valence-corrected chi connectivity index (χ0v) is 14.2. The largest absolute Gasteiger partial charge is 0.355 e. The van der Waals surface area contributed by atoms with Crippen LogP contribution in [0.2, 0.25) is 0 Å². The first-order valence-corrected chi connectivity index (χ1v) is 7.87. The molecule has 0 heterocycles. The van der Waals surface area contributed by atoms with Gasteiger partial charge in [-0.15, -0.1) is 0 Å². The van der Waals surface area contributed by atoms with Gasteiger partial charge in [0.1, 0.15) is 11.6 Å². The van der Waals surface area contributed by atoms with E-state index in [2.05, 4.69) is 24.5 Å². The predicted molar refractivity (Wildman–Crippen MR) is 94.5 cm³/mol. The number of aryl methyl sites for hydroxylation is 1. The van der Waals surface area contributed by atoms with Crippen LogP contribution in [-0.4, -0.2) is 5.11 Å². The normalized spacial score (nSPS) is 12.1. The summed E-state index contributed by atoms with van der Waals surface area (Å²) in [4.78, 5) is 0. The second kappa shape index (κ2) is 7.51. The highest BCUT2D eigenvalue weighted by Crippen LogP contribution is 2.22. The van der Waals surface area contributed by atoms with Gasteiger partial charge in [-0.05, 0) is 60.5 Å². The Balaban J connectivity index is 2.08. The molecule has 0 fully saturated rings. The van der Waals surface area contributed by atoms with Crippen LogP contribution in [0.3, 0.4) is 0 Å². The lowest BCUT2D eigenvalue weighted by Gasteiger charge is -2.25. The summed E-state index contributed by atoms with van der Waals surface area (Å²) in [6.45, 7) is 5.81. The number of halogens is 2. The van der Waals surface area contributed by atoms with Crippen LogP contribution in [0.15, 0.2) is 42.5 Å². The van der Waals surface area contributed by atoms with Gasteiger partial charge in [-0.2, -0.15) is 0 Å². The molecule has 0 aliphatic heterocycles. The summed E-state index contributed by atoms with van der Waals surface area (Å²) in [5.74, 6) is -0.307. The van der Waals surface area contributed by atoms with Gasteiger partial charge in [0.15, 0.2) is 5.11 Å². The van der Waals surface area contributed by atoms with Crippen LogP contribution in [0.5, 0.6) is 0 Å². The van der Waals surface area contributed by atoms with Crippen molar-refractivity contribution < 1.29 is 8.78 Å². The smallest absolute Gasteiger partial charge is 0.171 e. The highest BCUT2D eigenvalue weighted by molar-refractivity contribution is 7.80. The molecule has 122 valence electrons. The van der Waals surface area contributed by atoms with Crippen molar-refractivity contribution in [2.75, 3.05) is 5.32 Å². The van der Waals surface area contributed by atoms with Gasteiger partial charge in [-0.25, -0.2) is 8.78 Å². The Bertz CT molecular complexity index is 684. The molecular formula is C18H20F2N2S. The maximum atomic E-state index is 13.6. The summed E-state index contributed by atoms with van der Waals surface area (Å²) < 4.78 is 26.7. The molecule has 2 N–H and O–H groups in total. The molecule has 23 heavy (non-hydrogen) atoms. The maximum Gasteiger partial charge on any atom is 0.171 e. The summed E-state index contributed by atoms with van der Waals surface area (Å²) in [7, 11) is 0. The van der Waals surface area contributed by atoms with Crippen LogP contribution in [0, 0.1) is 24.5 Å². The van der Waals surface area contributed by atoms with Crippen LogP contribution in [-0.2, 0) is 0 Å². The lowest BCUT2D eigenvalue weighted by Crippen LogP contribution is -2.35. The molecule has 0 amide bonds. The van der Waals surface area contributed by atoms with E-state index in [1.165, 1.54) is 18.2 Å². The molecule has 0 aliphatic rings. The third-order valence-electron chi connectivity index (χ3n) is 3.61. The summed E-state index contributed by atoms with van der Waals surface area (Å²) in [5.41, 5.74) is 2.12. The van der Waals surface area contributed by atoms with Crippen LogP contribution >= 0.6 is 12.2 Å². The van der Waals surface area contributed by atoms with E-state index in [4.69, 9.17) is 12.2 Å². The summed E-state index contributed by atoms with van der Waals surface area (Å²) in [5, 5.41) is 6.59. The fourth-order valence-electron chi connectivity index (χ4n) is 2.28. The van der Waals surface area contributed by atoms with E-state index < -0.39 is 0 Å². The first-order chi connectivity index (χ1) is 10.9. The van der Waals surface area contributed by atoms with Crippen LogP contribution in [0.4, 0.5) is 14.5 Å². The van der Waals surface area contributed by atoms with Crippen molar-refractivity contribution in [3.63, 3.8) is 0 Å². The molecule has 0 unspecified atom stereocenters. The number of benzene rings is 2. The molecule has 0 aliphatic carbocycles. The number of hydrogen-bond donors (Lipinski definition) is 2. The molecule has 0 bridgehead atoms. The number of rotatable bonds is 4. The van der Waals surface area contributed by atoms with E-state index in [1.807, 2.05) is 0 Å². The Morgan fingerprint density at radius 1 is 1.04 bits per heavy atom. The van der Waals surface area contributed by atoms with Crippen LogP contribution in [0.1, 0.15) is 31.0 Å². The second-order valence-electron chi connectivity index (χ2n) is 5.84. The first kappa shape index (κ1) is 17.3. The van der Waals surface area contributed by atoms with E-state index in [1.54, 1.807) is 31.2 Å². The molecule has 2 aromatic rings. The molecule has 0 saturated heterocycles. The number of anilines is 1. The Labute approximate surface area is 140 Å². The van der Waals surface area contributed by atoms with Gasteiger partial charge in [-0.3, -0.25) is 0 Å². The highest BCUT2D eigenvalue weighted by Gasteiger charge is 2.17. The van der Waals surface area contributed by atoms with E-state index in [0.717, 1.165) is 5.56 Å². The van der Waals surface area contributed by atoms with E-state index in [0.29, 0.717) is 16.4 Å². The average molecular weight is 334 g/mol. The molecule has 1 atom stereocenters. The van der Waals surface area contributed by atoms with Crippen LogP contribution in [0.25, 0.3) is 0 Å². The Hall–Kier alpha value is -2.01. The third-order valence-corrected chi connectivity index (χ3v) is 3.83. The highest BCUT2D eigenvalue weighted by atomic mass is 32.1. The third kappa shape index (κ3) is 4.73. The van der Waals surface area contributed by atoms with Crippen molar-refractivity contribution in [2.45, 2.75) is 26.8 Å². The monoisotopic (exact) mass is 334 g/mol. The Morgan fingerprint density at radius 2 is 1.70 bits per heavy atom. The van der Waals surface area contributed by atoms with Crippen molar-refractivity contribution in [3.05, 3.63) is 65.2 Å². The second-order valence-corrected chi connectivity index (χ2v) is 6.24. The molecule has 5 heteroatoms. The standard InChI is InChI=1S/C18H20F2N2S/c1-11(2)17(13-5-7-14(19)8-6-13)22-18(23)21-15-9-4-12(3)16(20)10-15/h4-11,17H,1-3H3,(H2,21,22,23)/t17-/m1/s1. The van der Waals surface area contributed by atoms with E-state index >= 15 is 0 Å². The van der Waals surface area contributed by atoms with Crippen LogP contribution < -0.4 is 10.6 Å². The number of thiocarbonyl (C=S) groups is 1. The van der Waals surface area contributed by atoms with E-state index in [-0.39, 0.29) is 23.6 Å². The van der Waals surface area contributed by atoms with Gasteiger partial charge in [0.2, 0.25) is 0 Å². The van der Waals surface area contributed by atoms with Gasteiger partial charge >= 0.3 is 0 Å². The molecule has 2 rings (SSSR count). The maximum absolute atomic E-state index is 13.6. The number of nitrogens with one attached hydrogen (secondary N) is 2. The summed E-state index contributed by atoms with van der Waals surface area (Å²) >= 11 is 5.31. The number of hydrogen-bond acceptors (Lipinski definition) is 1. The SMILES string of the molecule is Cc1ccc(NC(=S)N[C@@H](c2ccc(F)cc2)C(C)C)cc1F. The molecular weight excluding hydrogens is 314 g/mol. The fourth-order valence-corrected chi connectivity index (χ4v) is 2.53. The lowest BCUT2D eigenvalue weighted by atomic mass is 9.96. The topological polar surface area (TPSA) is 24.1 Å². The van der Waals surface area contributed by atoms with Crippen molar-refractivity contribution >= 4 is 23.0 Å². The van der Waals surface area contributed by atoms with Crippen molar-refractivity contribution in [1.82, 2.24) is 5.32 Å². The van der Waals surface area contributed by atoms with Gasteiger partial charge in [0, 0.05) is 5.69 Å². The molecule has 2 aromatic carbocycles. The minimum Gasteiger partial charge on any atom is -0.355 e. The van der Waals surface area contributed by atoms with Gasteiger partial charge < -0.3 is 10.6 Å². The first-order valence-electron chi connectivity index (χ1n) is 7.46. The van der Waals surface area contributed by atoms with E-state index in [9.17, 15) is 8.78 Å². The molecule has 0 radical (unpaired) electrons. The lowest BCUT2D eigenvalue weighted by molar-refractivity contribution is 0.472. The minimum atomic E-state index is -0.281. The van der Waals surface area contributed by atoms with Crippen molar-refractivity contribution in [1.29, 1.82) is 0 Å². The quantitative estimate of drug-likeness (QED) is 0.773. The molecule has 0 saturated carbocycles. The van der Waals surface area contributed by atoms with Gasteiger partial charge in [0.25, 0.3) is 0 Å². The zero-order chi connectivity index (χ0) is 17.0. The van der Waals surface area contributed by atoms with Gasteiger partial charge in [0.05, 0.1) is 6.04 Å². The Kier molecular flexibility index (Phi) is 5.66. The molecule has 2 nitrogen and oxygen atoms in total. The minimum absolute atomic E-state index is 0.0640. The zero-order valence-electron chi connectivity index (χ0n) is 13.4. The van der Waals surface area contributed by atoms with Crippen molar-refractivity contribution in [3.8, 4) is 0 Å². The fraction of sp³-hybridized carbons (Fsp3) is 0.278. The molecule has 0 aromatic heterocycles. The molecule has 0 spiro atoms. The predicted octanol–water partition coefficient (Wildman–Crippen LogP) is 4.96. The van der Waals surface area contributed by atoms with Crippen molar-refractivity contribution in [2.24, 2.45) is 5.92 Å². The average Bonchev–Trinajstić information content (AvgIpc) is 2.49.